The Kier molecular flexibility index (Phi) is 6.71. The highest BCUT2D eigenvalue weighted by molar-refractivity contribution is 5.93. The van der Waals surface area contributed by atoms with Crippen LogP contribution in [0.1, 0.15) is 29.6 Å². The standard InChI is InChI=1S/C21H21F4N3O2/c22-17-6-8-18(9-7-17)26-27-20(30)15-3-10-19(29)28(13-15)12-11-14-1-4-16(5-2-14)21(23,24)25/h1,3-8,10,13-14,18,26H,2,9,11-12H2,(H,27,30). The number of aromatic nitrogens is 1. The van der Waals surface area contributed by atoms with Gasteiger partial charge in [0.25, 0.3) is 11.5 Å². The Balaban J connectivity index is 1.54. The molecular weight excluding hydrogens is 402 g/mol. The van der Waals surface area contributed by atoms with Crippen LogP contribution in [0.25, 0.3) is 0 Å². The average molecular weight is 423 g/mol. The van der Waals surface area contributed by atoms with Gasteiger partial charge < -0.3 is 4.57 Å². The maximum atomic E-state index is 13.0. The predicted octanol–water partition coefficient (Wildman–Crippen LogP) is 3.72. The van der Waals surface area contributed by atoms with Crippen molar-refractivity contribution in [2.45, 2.75) is 38.0 Å². The van der Waals surface area contributed by atoms with Gasteiger partial charge in [-0.3, -0.25) is 15.0 Å². The van der Waals surface area contributed by atoms with Gasteiger partial charge in [0.2, 0.25) is 0 Å². The highest BCUT2D eigenvalue weighted by Gasteiger charge is 2.32. The zero-order valence-corrected chi connectivity index (χ0v) is 16.0. The molecule has 3 rings (SSSR count). The molecule has 0 radical (unpaired) electrons. The van der Waals surface area contributed by atoms with Gasteiger partial charge in [-0.15, -0.1) is 0 Å². The van der Waals surface area contributed by atoms with Crippen molar-refractivity contribution in [2.75, 3.05) is 0 Å². The lowest BCUT2D eigenvalue weighted by Crippen LogP contribution is -2.44. The van der Waals surface area contributed by atoms with Crippen molar-refractivity contribution >= 4 is 5.91 Å². The first kappa shape index (κ1) is 21.8. The van der Waals surface area contributed by atoms with E-state index >= 15 is 0 Å². The monoisotopic (exact) mass is 423 g/mol. The lowest BCUT2D eigenvalue weighted by Gasteiger charge is -2.18. The number of hydrogen-bond acceptors (Lipinski definition) is 3. The Bertz CT molecular complexity index is 973. The molecule has 0 saturated heterocycles. The summed E-state index contributed by atoms with van der Waals surface area (Å²) in [7, 11) is 0. The van der Waals surface area contributed by atoms with Crippen LogP contribution in [0.5, 0.6) is 0 Å². The number of aryl methyl sites for hydroxylation is 1. The molecule has 0 saturated carbocycles. The van der Waals surface area contributed by atoms with E-state index in [1.807, 2.05) is 0 Å². The number of pyridine rings is 1. The van der Waals surface area contributed by atoms with Crippen LogP contribution in [0, 0.1) is 5.92 Å². The third kappa shape index (κ3) is 5.79. The molecule has 2 N–H and O–H groups in total. The zero-order chi connectivity index (χ0) is 21.7. The van der Waals surface area contributed by atoms with Crippen molar-refractivity contribution in [1.29, 1.82) is 0 Å². The van der Waals surface area contributed by atoms with Crippen LogP contribution in [0.15, 0.2) is 71.0 Å². The highest BCUT2D eigenvalue weighted by Crippen LogP contribution is 2.31. The summed E-state index contributed by atoms with van der Waals surface area (Å²) >= 11 is 0. The van der Waals surface area contributed by atoms with E-state index in [9.17, 15) is 27.2 Å². The molecule has 0 bridgehead atoms. The van der Waals surface area contributed by atoms with Crippen molar-refractivity contribution in [3.63, 3.8) is 0 Å². The molecule has 2 atom stereocenters. The van der Waals surface area contributed by atoms with Crippen molar-refractivity contribution in [1.82, 2.24) is 15.4 Å². The van der Waals surface area contributed by atoms with Gasteiger partial charge in [0.15, 0.2) is 0 Å². The number of halogens is 4. The molecule has 9 heteroatoms. The Morgan fingerprint density at radius 2 is 1.93 bits per heavy atom. The minimum Gasteiger partial charge on any atom is -0.315 e. The van der Waals surface area contributed by atoms with Crippen LogP contribution in [0.4, 0.5) is 17.6 Å². The summed E-state index contributed by atoms with van der Waals surface area (Å²) in [5.74, 6) is -0.902. The topological polar surface area (TPSA) is 63.1 Å². The van der Waals surface area contributed by atoms with Crippen molar-refractivity contribution < 1.29 is 22.4 Å². The zero-order valence-electron chi connectivity index (χ0n) is 16.0. The number of nitrogens with zero attached hydrogens (tertiary/aromatic N) is 1. The second-order valence-electron chi connectivity index (χ2n) is 7.14. The number of amides is 1. The van der Waals surface area contributed by atoms with Gasteiger partial charge in [-0.25, -0.2) is 9.82 Å². The van der Waals surface area contributed by atoms with E-state index in [1.54, 1.807) is 6.08 Å². The number of hydrazine groups is 1. The molecular formula is C21H21F4N3O2. The van der Waals surface area contributed by atoms with Crippen LogP contribution in [-0.4, -0.2) is 22.7 Å². The molecule has 0 aliphatic heterocycles. The molecule has 0 spiro atoms. The molecule has 1 heterocycles. The van der Waals surface area contributed by atoms with Gasteiger partial charge in [-0.1, -0.05) is 24.3 Å². The number of rotatable bonds is 6. The van der Waals surface area contributed by atoms with Crippen molar-refractivity contribution in [3.05, 3.63) is 82.1 Å². The Morgan fingerprint density at radius 3 is 2.57 bits per heavy atom. The van der Waals surface area contributed by atoms with Crippen molar-refractivity contribution in [3.8, 4) is 0 Å². The van der Waals surface area contributed by atoms with Gasteiger partial charge >= 0.3 is 6.18 Å². The number of carbonyl (C=O) groups excluding carboxylic acids is 1. The van der Waals surface area contributed by atoms with Crippen molar-refractivity contribution in [2.24, 2.45) is 5.92 Å². The normalized spacial score (nSPS) is 21.2. The fourth-order valence-electron chi connectivity index (χ4n) is 3.17. The van der Waals surface area contributed by atoms with Gasteiger partial charge in [0, 0.05) is 24.8 Å². The van der Waals surface area contributed by atoms with E-state index in [0.717, 1.165) is 12.2 Å². The summed E-state index contributed by atoms with van der Waals surface area (Å²) in [4.78, 5) is 24.4. The summed E-state index contributed by atoms with van der Waals surface area (Å²) in [6, 6.07) is 2.42. The van der Waals surface area contributed by atoms with Crippen LogP contribution < -0.4 is 16.4 Å². The SMILES string of the molecule is O=C(NNC1C=CC(F)=CC1)c1ccc(=O)n(CCC2C=CC(C(F)(F)F)=CC2)c1. The molecule has 2 aliphatic rings. The van der Waals surface area contributed by atoms with Gasteiger partial charge in [-0.2, -0.15) is 13.2 Å². The number of alkyl halides is 3. The highest BCUT2D eigenvalue weighted by atomic mass is 19.4. The maximum absolute atomic E-state index is 13.0. The fourth-order valence-corrected chi connectivity index (χ4v) is 3.17. The third-order valence-corrected chi connectivity index (χ3v) is 4.93. The third-order valence-electron chi connectivity index (χ3n) is 4.93. The second kappa shape index (κ2) is 9.25. The second-order valence-corrected chi connectivity index (χ2v) is 7.14. The number of allylic oxidation sites excluding steroid dienone is 6. The van der Waals surface area contributed by atoms with E-state index in [1.165, 1.54) is 41.1 Å². The molecule has 1 aromatic heterocycles. The average Bonchev–Trinajstić information content (AvgIpc) is 2.72. The molecule has 2 aliphatic carbocycles. The Morgan fingerprint density at radius 1 is 1.13 bits per heavy atom. The fraction of sp³-hybridized carbons (Fsp3) is 0.333. The molecule has 2 unspecified atom stereocenters. The first-order valence-electron chi connectivity index (χ1n) is 9.48. The Hall–Kier alpha value is -2.94. The molecule has 5 nitrogen and oxygen atoms in total. The molecule has 1 amide bonds. The number of carbonyl (C=O) groups is 1. The largest absolute Gasteiger partial charge is 0.416 e. The predicted molar refractivity (Wildman–Crippen MR) is 104 cm³/mol. The van der Waals surface area contributed by atoms with Gasteiger partial charge in [-0.05, 0) is 43.4 Å². The van der Waals surface area contributed by atoms with Crippen LogP contribution in [0.3, 0.4) is 0 Å². The smallest absolute Gasteiger partial charge is 0.315 e. The summed E-state index contributed by atoms with van der Waals surface area (Å²) in [5, 5.41) is 0. The van der Waals surface area contributed by atoms with Crippen LogP contribution >= 0.6 is 0 Å². The van der Waals surface area contributed by atoms with E-state index in [2.05, 4.69) is 10.9 Å². The summed E-state index contributed by atoms with van der Waals surface area (Å²) in [5.41, 5.74) is 4.59. The summed E-state index contributed by atoms with van der Waals surface area (Å²) < 4.78 is 52.3. The minimum atomic E-state index is -4.36. The van der Waals surface area contributed by atoms with Crippen LogP contribution in [0.2, 0.25) is 0 Å². The quantitative estimate of drug-likeness (QED) is 0.542. The first-order chi connectivity index (χ1) is 14.2. The van der Waals surface area contributed by atoms with Gasteiger partial charge in [0.1, 0.15) is 5.83 Å². The summed E-state index contributed by atoms with van der Waals surface area (Å²) in [6.45, 7) is 0.271. The van der Waals surface area contributed by atoms with E-state index in [4.69, 9.17) is 0 Å². The molecule has 30 heavy (non-hydrogen) atoms. The first-order valence-corrected chi connectivity index (χ1v) is 9.48. The molecule has 0 fully saturated rings. The van der Waals surface area contributed by atoms with E-state index in [0.29, 0.717) is 12.8 Å². The van der Waals surface area contributed by atoms with Crippen LogP contribution in [-0.2, 0) is 6.54 Å². The minimum absolute atomic E-state index is 0.117. The molecule has 1 aromatic rings. The Labute approximate surface area is 170 Å². The molecule has 0 aromatic carbocycles. The number of hydrogen-bond donors (Lipinski definition) is 2. The van der Waals surface area contributed by atoms with E-state index < -0.39 is 17.7 Å². The maximum Gasteiger partial charge on any atom is 0.416 e. The number of nitrogens with one attached hydrogen (secondary N) is 2. The summed E-state index contributed by atoms with van der Waals surface area (Å²) in [6.07, 6.45) is 6.18. The van der Waals surface area contributed by atoms with Gasteiger partial charge in [0.05, 0.1) is 11.1 Å². The lowest BCUT2D eigenvalue weighted by atomic mass is 9.93. The lowest BCUT2D eigenvalue weighted by molar-refractivity contribution is -0.0887. The molecule has 160 valence electrons. The van der Waals surface area contributed by atoms with E-state index in [-0.39, 0.29) is 41.9 Å².